The number of Topliss-reactive ketones (excluding diaryl/α,β-unsaturated/α-hetero) is 1. The molecule has 0 aliphatic rings. The van der Waals surface area contributed by atoms with Gasteiger partial charge in [0.1, 0.15) is 0 Å². The summed E-state index contributed by atoms with van der Waals surface area (Å²) in [4.78, 5) is 11.8. The van der Waals surface area contributed by atoms with Crippen molar-refractivity contribution in [2.75, 3.05) is 0 Å². The Bertz CT molecular complexity index is 433. The van der Waals surface area contributed by atoms with E-state index in [0.29, 0.717) is 0 Å². The van der Waals surface area contributed by atoms with Crippen molar-refractivity contribution >= 4 is 28.2 Å². The summed E-state index contributed by atoms with van der Waals surface area (Å²) in [7, 11) is 0. The summed E-state index contributed by atoms with van der Waals surface area (Å²) in [5.74, 6) is 0.0914. The van der Waals surface area contributed by atoms with Gasteiger partial charge in [0.25, 0.3) is 0 Å². The van der Waals surface area contributed by atoms with Gasteiger partial charge in [0.15, 0.2) is 5.78 Å². The molecule has 0 fully saturated rings. The molecule has 0 saturated heterocycles. The lowest BCUT2D eigenvalue weighted by atomic mass is 10.2. The van der Waals surface area contributed by atoms with E-state index in [1.54, 1.807) is 6.92 Å². The lowest BCUT2D eigenvalue weighted by molar-refractivity contribution is 0.102. The summed E-state index contributed by atoms with van der Waals surface area (Å²) < 4.78 is 4.16. The van der Waals surface area contributed by atoms with E-state index in [9.17, 15) is 4.79 Å². The highest BCUT2D eigenvalue weighted by Crippen LogP contribution is 2.21. The van der Waals surface area contributed by atoms with Gasteiger partial charge in [-0.05, 0) is 17.6 Å². The molecule has 2 nitrogen and oxygen atoms in total. The molecule has 1 aromatic heterocycles. The largest absolute Gasteiger partial charge is 0.294 e. The first-order valence-electron chi connectivity index (χ1n) is 3.64. The van der Waals surface area contributed by atoms with Crippen LogP contribution in [0.25, 0.3) is 10.9 Å². The number of nitrogens with zero attached hydrogens (tertiary/aromatic N) is 1. The molecule has 60 valence electrons. The maximum absolute atomic E-state index is 11.1. The van der Waals surface area contributed by atoms with E-state index in [0.717, 1.165) is 15.8 Å². The number of hydrogen-bond donors (Lipinski definition) is 0. The monoisotopic (exact) mass is 177 g/mol. The van der Waals surface area contributed by atoms with Crippen LogP contribution in [-0.4, -0.2) is 10.2 Å². The van der Waals surface area contributed by atoms with Crippen molar-refractivity contribution in [3.8, 4) is 0 Å². The zero-order valence-electron chi connectivity index (χ0n) is 6.57. The third kappa shape index (κ3) is 1.02. The molecular weight excluding hydrogens is 170 g/mol. The predicted molar refractivity (Wildman–Crippen MR) is 49.6 cm³/mol. The SMILES string of the molecule is CC(=O)c1snc2ccccc12. The Hall–Kier alpha value is -1.22. The number of hydrogen-bond acceptors (Lipinski definition) is 3. The predicted octanol–water partition coefficient (Wildman–Crippen LogP) is 2.50. The van der Waals surface area contributed by atoms with E-state index in [1.165, 1.54) is 11.5 Å². The highest BCUT2D eigenvalue weighted by Gasteiger charge is 2.07. The van der Waals surface area contributed by atoms with Gasteiger partial charge >= 0.3 is 0 Å². The van der Waals surface area contributed by atoms with Gasteiger partial charge in [0.2, 0.25) is 0 Å². The van der Waals surface area contributed by atoms with E-state index in [2.05, 4.69) is 4.37 Å². The fraction of sp³-hybridized carbons (Fsp3) is 0.111. The minimum Gasteiger partial charge on any atom is -0.294 e. The first-order valence-corrected chi connectivity index (χ1v) is 4.42. The molecule has 3 heteroatoms. The van der Waals surface area contributed by atoms with E-state index in [-0.39, 0.29) is 5.78 Å². The van der Waals surface area contributed by atoms with Crippen LogP contribution in [0.15, 0.2) is 24.3 Å². The van der Waals surface area contributed by atoms with Crippen molar-refractivity contribution in [2.24, 2.45) is 0 Å². The molecule has 12 heavy (non-hydrogen) atoms. The molecule has 2 rings (SSSR count). The molecular formula is C9H7NOS. The van der Waals surface area contributed by atoms with Gasteiger partial charge in [0, 0.05) is 12.3 Å². The van der Waals surface area contributed by atoms with Crippen LogP contribution in [0.5, 0.6) is 0 Å². The Morgan fingerprint density at radius 3 is 2.92 bits per heavy atom. The van der Waals surface area contributed by atoms with Crippen molar-refractivity contribution in [1.82, 2.24) is 4.37 Å². The first kappa shape index (κ1) is 7.43. The van der Waals surface area contributed by atoms with Crippen LogP contribution < -0.4 is 0 Å². The number of rotatable bonds is 1. The van der Waals surface area contributed by atoms with Crippen molar-refractivity contribution in [1.29, 1.82) is 0 Å². The number of carbonyl (C=O) groups is 1. The zero-order valence-corrected chi connectivity index (χ0v) is 7.39. The second kappa shape index (κ2) is 2.68. The molecule has 0 bridgehead atoms. The van der Waals surface area contributed by atoms with E-state index in [1.807, 2.05) is 24.3 Å². The third-order valence-corrected chi connectivity index (χ3v) is 2.68. The summed E-state index contributed by atoms with van der Waals surface area (Å²) in [6.07, 6.45) is 0. The third-order valence-electron chi connectivity index (χ3n) is 1.70. The minimum absolute atomic E-state index is 0.0914. The molecule has 2 aromatic rings. The molecule has 0 aliphatic heterocycles. The van der Waals surface area contributed by atoms with E-state index >= 15 is 0 Å². The fourth-order valence-electron chi connectivity index (χ4n) is 1.14. The summed E-state index contributed by atoms with van der Waals surface area (Å²) in [6, 6.07) is 7.68. The fourth-order valence-corrected chi connectivity index (χ4v) is 1.89. The van der Waals surface area contributed by atoms with Gasteiger partial charge in [-0.15, -0.1) is 0 Å². The molecule has 1 aromatic carbocycles. The van der Waals surface area contributed by atoms with Gasteiger partial charge in [-0.3, -0.25) is 4.79 Å². The summed E-state index contributed by atoms with van der Waals surface area (Å²) in [5, 5.41) is 0.968. The van der Waals surface area contributed by atoms with Gasteiger partial charge in [-0.2, -0.15) is 4.37 Å². The Balaban J connectivity index is 2.79. The minimum atomic E-state index is 0.0914. The van der Waals surface area contributed by atoms with Crippen molar-refractivity contribution in [3.63, 3.8) is 0 Å². The van der Waals surface area contributed by atoms with Crippen molar-refractivity contribution in [2.45, 2.75) is 6.92 Å². The van der Waals surface area contributed by atoms with Crippen LogP contribution in [-0.2, 0) is 0 Å². The van der Waals surface area contributed by atoms with Crippen molar-refractivity contribution in [3.05, 3.63) is 29.1 Å². The number of ketones is 1. The lowest BCUT2D eigenvalue weighted by Crippen LogP contribution is -1.85. The van der Waals surface area contributed by atoms with E-state index in [4.69, 9.17) is 0 Å². The summed E-state index contributed by atoms with van der Waals surface area (Å²) in [5.41, 5.74) is 0.910. The maximum Gasteiger partial charge on any atom is 0.171 e. The first-order chi connectivity index (χ1) is 5.79. The second-order valence-corrected chi connectivity index (χ2v) is 3.36. The highest BCUT2D eigenvalue weighted by atomic mass is 32.1. The zero-order chi connectivity index (χ0) is 8.55. The van der Waals surface area contributed by atoms with Crippen molar-refractivity contribution < 1.29 is 4.79 Å². The Kier molecular flexibility index (Phi) is 1.66. The standard InChI is InChI=1S/C9H7NOS/c1-6(11)9-7-4-2-3-5-8(7)10-12-9/h2-5H,1H3. The Morgan fingerprint density at radius 1 is 1.42 bits per heavy atom. The molecule has 0 atom stereocenters. The molecule has 0 radical (unpaired) electrons. The highest BCUT2D eigenvalue weighted by molar-refractivity contribution is 7.09. The second-order valence-electron chi connectivity index (χ2n) is 2.59. The van der Waals surface area contributed by atoms with Gasteiger partial charge in [-0.1, -0.05) is 18.2 Å². The molecule has 1 heterocycles. The van der Waals surface area contributed by atoms with Crippen LogP contribution >= 0.6 is 11.5 Å². The van der Waals surface area contributed by atoms with Gasteiger partial charge in [-0.25, -0.2) is 0 Å². The average Bonchev–Trinajstić information content (AvgIpc) is 2.47. The van der Waals surface area contributed by atoms with Crippen LogP contribution in [0.3, 0.4) is 0 Å². The van der Waals surface area contributed by atoms with Crippen LogP contribution in [0, 0.1) is 0 Å². The summed E-state index contributed by atoms with van der Waals surface area (Å²) >= 11 is 1.27. The molecule has 0 aliphatic carbocycles. The topological polar surface area (TPSA) is 30.0 Å². The normalized spacial score (nSPS) is 10.4. The van der Waals surface area contributed by atoms with Gasteiger partial charge in [0.05, 0.1) is 10.4 Å². The van der Waals surface area contributed by atoms with Crippen LogP contribution in [0.1, 0.15) is 16.6 Å². The van der Waals surface area contributed by atoms with Crippen LogP contribution in [0.4, 0.5) is 0 Å². The molecule has 0 N–H and O–H groups in total. The Labute approximate surface area is 74.0 Å². The maximum atomic E-state index is 11.1. The molecule has 0 saturated carbocycles. The number of aromatic nitrogens is 1. The number of benzene rings is 1. The lowest BCUT2D eigenvalue weighted by Gasteiger charge is -1.88. The molecule has 0 amide bonds. The summed E-state index contributed by atoms with van der Waals surface area (Å²) in [6.45, 7) is 1.57. The molecule has 0 spiro atoms. The van der Waals surface area contributed by atoms with Crippen LogP contribution in [0.2, 0.25) is 0 Å². The van der Waals surface area contributed by atoms with Gasteiger partial charge < -0.3 is 0 Å². The van der Waals surface area contributed by atoms with E-state index < -0.39 is 0 Å². The smallest absolute Gasteiger partial charge is 0.171 e. The average molecular weight is 177 g/mol. The quantitative estimate of drug-likeness (QED) is 0.626. The Morgan fingerprint density at radius 2 is 2.17 bits per heavy atom. The number of fused-ring (bicyclic) bond motifs is 1. The molecule has 0 unspecified atom stereocenters. The number of carbonyl (C=O) groups excluding carboxylic acids is 1.